The van der Waals surface area contributed by atoms with Crippen molar-refractivity contribution in [2.45, 2.75) is 6.54 Å². The Morgan fingerprint density at radius 2 is 1.48 bits per heavy atom. The lowest BCUT2D eigenvalue weighted by atomic mass is 10.1. The first-order valence-electron chi connectivity index (χ1n) is 10.0. The molecule has 5 nitrogen and oxygen atoms in total. The van der Waals surface area contributed by atoms with Gasteiger partial charge in [0.25, 0.3) is 0 Å². The minimum atomic E-state index is -0.168. The van der Waals surface area contributed by atoms with Gasteiger partial charge in [0.05, 0.1) is 0 Å². The Labute approximate surface area is 182 Å². The van der Waals surface area contributed by atoms with Gasteiger partial charge in [0.1, 0.15) is 11.5 Å². The van der Waals surface area contributed by atoms with Gasteiger partial charge < -0.3 is 10.1 Å². The number of pyridine rings is 1. The maximum Gasteiger partial charge on any atom is 0.321 e. The highest BCUT2D eigenvalue weighted by Crippen LogP contribution is 2.27. The van der Waals surface area contributed by atoms with Gasteiger partial charge >= 0.3 is 6.03 Å². The number of urea groups is 1. The normalized spacial score (nSPS) is 10.4. The number of nitrogens with zero attached hydrogens (tertiary/aromatic N) is 2. The number of amides is 2. The van der Waals surface area contributed by atoms with Crippen LogP contribution in [-0.4, -0.2) is 18.1 Å². The van der Waals surface area contributed by atoms with E-state index < -0.39 is 0 Å². The fourth-order valence-electron chi connectivity index (χ4n) is 3.13. The van der Waals surface area contributed by atoms with Crippen LogP contribution in [0.3, 0.4) is 0 Å². The quantitative estimate of drug-likeness (QED) is 0.432. The molecular weight excluding hydrogens is 386 g/mol. The molecule has 2 amide bonds. The zero-order chi connectivity index (χ0) is 21.5. The molecule has 0 saturated heterocycles. The van der Waals surface area contributed by atoms with Gasteiger partial charge in [-0.2, -0.15) is 0 Å². The molecule has 1 heterocycles. The predicted octanol–water partition coefficient (Wildman–Crippen LogP) is 5.89. The minimum absolute atomic E-state index is 0.168. The van der Waals surface area contributed by atoms with E-state index in [2.05, 4.69) is 10.3 Å². The average Bonchev–Trinajstić information content (AvgIpc) is 2.84. The molecule has 0 spiro atoms. The number of hydrogen-bond acceptors (Lipinski definition) is 3. The van der Waals surface area contributed by atoms with Crippen molar-refractivity contribution in [2.24, 2.45) is 0 Å². The summed E-state index contributed by atoms with van der Waals surface area (Å²) >= 11 is 0. The largest absolute Gasteiger partial charge is 0.457 e. The van der Waals surface area contributed by atoms with Crippen LogP contribution >= 0.6 is 0 Å². The summed E-state index contributed by atoms with van der Waals surface area (Å²) in [6.45, 7) is 0.437. The molecule has 5 heteroatoms. The molecule has 0 bridgehead atoms. The fourth-order valence-corrected chi connectivity index (χ4v) is 3.13. The van der Waals surface area contributed by atoms with Crippen molar-refractivity contribution in [3.63, 3.8) is 0 Å². The Morgan fingerprint density at radius 1 is 0.839 bits per heavy atom. The van der Waals surface area contributed by atoms with Gasteiger partial charge in [0.15, 0.2) is 0 Å². The molecule has 0 aliphatic heterocycles. The summed E-state index contributed by atoms with van der Waals surface area (Å²) in [6.07, 6.45) is 3.45. The van der Waals surface area contributed by atoms with Crippen LogP contribution in [0.15, 0.2) is 103 Å². The number of carbonyl (C=O) groups is 1. The van der Waals surface area contributed by atoms with Gasteiger partial charge in [0, 0.05) is 31.7 Å². The molecule has 0 aliphatic carbocycles. The Balaban J connectivity index is 1.37. The average molecular weight is 409 g/mol. The summed E-state index contributed by atoms with van der Waals surface area (Å²) in [5, 5.41) is 2.90. The molecule has 0 radical (unpaired) electrons. The summed E-state index contributed by atoms with van der Waals surface area (Å²) in [5.74, 6) is 1.60. The maximum absolute atomic E-state index is 12.4. The molecule has 1 N–H and O–H groups in total. The first-order valence-corrected chi connectivity index (χ1v) is 10.0. The lowest BCUT2D eigenvalue weighted by Gasteiger charge is -2.18. The topological polar surface area (TPSA) is 54.5 Å². The fraction of sp³-hybridized carbons (Fsp3) is 0.0769. The van der Waals surface area contributed by atoms with Crippen LogP contribution in [0.5, 0.6) is 11.5 Å². The highest BCUT2D eigenvalue weighted by atomic mass is 16.5. The molecule has 0 fully saturated rings. The van der Waals surface area contributed by atoms with E-state index in [1.165, 1.54) is 0 Å². The first-order chi connectivity index (χ1) is 15.2. The highest BCUT2D eigenvalue weighted by Gasteiger charge is 2.10. The van der Waals surface area contributed by atoms with Crippen molar-refractivity contribution in [3.05, 3.63) is 109 Å². The van der Waals surface area contributed by atoms with Crippen molar-refractivity contribution >= 4 is 11.7 Å². The number of ether oxygens (including phenoxy) is 1. The van der Waals surface area contributed by atoms with E-state index in [0.717, 1.165) is 33.9 Å². The molecule has 0 atom stereocenters. The molecule has 4 rings (SSSR count). The second kappa shape index (κ2) is 9.59. The third kappa shape index (κ3) is 5.28. The number of aromatic nitrogens is 1. The van der Waals surface area contributed by atoms with Crippen LogP contribution in [0.4, 0.5) is 10.5 Å². The lowest BCUT2D eigenvalue weighted by Crippen LogP contribution is -2.36. The molecule has 0 unspecified atom stereocenters. The van der Waals surface area contributed by atoms with E-state index in [1.54, 1.807) is 24.3 Å². The van der Waals surface area contributed by atoms with Crippen LogP contribution in [0, 0.1) is 0 Å². The van der Waals surface area contributed by atoms with Crippen LogP contribution < -0.4 is 15.0 Å². The summed E-state index contributed by atoms with van der Waals surface area (Å²) in [6, 6.07) is 29.2. The molecule has 3 aromatic carbocycles. The number of rotatable bonds is 6. The van der Waals surface area contributed by atoms with Crippen LogP contribution in [0.25, 0.3) is 11.1 Å². The Bertz CT molecular complexity index is 1110. The molecule has 1 aromatic heterocycles. The van der Waals surface area contributed by atoms with E-state index in [0.29, 0.717) is 6.54 Å². The maximum atomic E-state index is 12.4. The zero-order valence-electron chi connectivity index (χ0n) is 17.2. The van der Waals surface area contributed by atoms with Crippen molar-refractivity contribution < 1.29 is 9.53 Å². The number of nitrogens with one attached hydrogen (secondary N) is 1. The van der Waals surface area contributed by atoms with Crippen LogP contribution in [-0.2, 0) is 6.54 Å². The third-order valence-corrected chi connectivity index (χ3v) is 4.89. The molecule has 4 aromatic rings. The lowest BCUT2D eigenvalue weighted by molar-refractivity contribution is 0.247. The van der Waals surface area contributed by atoms with Gasteiger partial charge in [-0.1, -0.05) is 48.5 Å². The summed E-state index contributed by atoms with van der Waals surface area (Å²) < 4.78 is 5.85. The molecule has 0 aliphatic rings. The number of benzene rings is 3. The van der Waals surface area contributed by atoms with Crippen molar-refractivity contribution in [1.82, 2.24) is 10.3 Å². The summed E-state index contributed by atoms with van der Waals surface area (Å²) in [4.78, 5) is 18.1. The van der Waals surface area contributed by atoms with E-state index in [4.69, 9.17) is 4.74 Å². The third-order valence-electron chi connectivity index (χ3n) is 4.89. The van der Waals surface area contributed by atoms with Crippen LogP contribution in [0.1, 0.15) is 5.56 Å². The summed E-state index contributed by atoms with van der Waals surface area (Å²) in [5.41, 5.74) is 3.92. The number of carbonyl (C=O) groups excluding carboxylic acids is 1. The Kier molecular flexibility index (Phi) is 6.24. The van der Waals surface area contributed by atoms with E-state index in [9.17, 15) is 4.79 Å². The Morgan fingerprint density at radius 3 is 2.13 bits per heavy atom. The number of para-hydroxylation sites is 1. The van der Waals surface area contributed by atoms with Crippen LogP contribution in [0.2, 0.25) is 0 Å². The molecule has 31 heavy (non-hydrogen) atoms. The first kappa shape index (κ1) is 20.2. The zero-order valence-corrected chi connectivity index (χ0v) is 17.2. The second-order valence-electron chi connectivity index (χ2n) is 7.07. The van der Waals surface area contributed by atoms with Gasteiger partial charge in [-0.25, -0.2) is 4.79 Å². The van der Waals surface area contributed by atoms with Gasteiger partial charge in [-0.05, 0) is 59.2 Å². The SMILES string of the molecule is CN(C(=O)NCc1cccnc1)c1ccc(-c2ccc(Oc3ccccc3)cc2)cc1. The smallest absolute Gasteiger partial charge is 0.321 e. The molecule has 154 valence electrons. The van der Waals surface area contributed by atoms with Crippen molar-refractivity contribution in [3.8, 4) is 22.6 Å². The van der Waals surface area contributed by atoms with E-state index in [1.807, 2.05) is 91.0 Å². The number of hydrogen-bond donors (Lipinski definition) is 1. The molecule has 0 saturated carbocycles. The van der Waals surface area contributed by atoms with Crippen molar-refractivity contribution in [1.29, 1.82) is 0 Å². The highest BCUT2D eigenvalue weighted by molar-refractivity contribution is 5.91. The summed E-state index contributed by atoms with van der Waals surface area (Å²) in [7, 11) is 1.75. The molecular formula is C26H23N3O2. The van der Waals surface area contributed by atoms with Gasteiger partial charge in [-0.3, -0.25) is 9.88 Å². The standard InChI is InChI=1S/C26H23N3O2/c1-29(26(30)28-19-20-6-5-17-27-18-20)23-13-9-21(10-14-23)22-11-15-25(16-12-22)31-24-7-3-2-4-8-24/h2-18H,19H2,1H3,(H,28,30). The van der Waals surface area contributed by atoms with Gasteiger partial charge in [0.2, 0.25) is 0 Å². The second-order valence-corrected chi connectivity index (χ2v) is 7.07. The minimum Gasteiger partial charge on any atom is -0.457 e. The predicted molar refractivity (Wildman–Crippen MR) is 123 cm³/mol. The van der Waals surface area contributed by atoms with Gasteiger partial charge in [-0.15, -0.1) is 0 Å². The van der Waals surface area contributed by atoms with Crippen molar-refractivity contribution in [2.75, 3.05) is 11.9 Å². The van der Waals surface area contributed by atoms with E-state index in [-0.39, 0.29) is 6.03 Å². The Hall–Kier alpha value is -4.12. The van der Waals surface area contributed by atoms with E-state index >= 15 is 0 Å². The monoisotopic (exact) mass is 409 g/mol. The number of anilines is 1.